The predicted octanol–water partition coefficient (Wildman–Crippen LogP) is 1.74. The molecule has 4 heterocycles. The molecule has 0 saturated carbocycles. The number of aromatic amines is 1. The number of H-pyrrole nitrogens is 1. The SMILES string of the molecule is Cc1[nH]n2c(=O)c3c(nc2c1-c1ccccc1)CN(C(=O)Cn1ccnc1)C3. The van der Waals surface area contributed by atoms with Crippen molar-refractivity contribution in [1.29, 1.82) is 0 Å². The zero-order chi connectivity index (χ0) is 19.3. The van der Waals surface area contributed by atoms with Crippen LogP contribution in [0.3, 0.4) is 0 Å². The number of aryl methyl sites for hydroxylation is 1. The third-order valence-corrected chi connectivity index (χ3v) is 5.12. The number of aromatic nitrogens is 5. The molecule has 1 aliphatic heterocycles. The maximum Gasteiger partial charge on any atom is 0.278 e. The minimum absolute atomic E-state index is 0.0662. The number of hydrogen-bond donors (Lipinski definition) is 1. The minimum atomic E-state index is -0.150. The molecular formula is C20H18N6O2. The van der Waals surface area contributed by atoms with Gasteiger partial charge in [0.05, 0.1) is 30.7 Å². The molecule has 0 fully saturated rings. The van der Waals surface area contributed by atoms with E-state index < -0.39 is 0 Å². The number of carbonyl (C=O) groups is 1. The van der Waals surface area contributed by atoms with Gasteiger partial charge in [0.2, 0.25) is 5.91 Å². The first kappa shape index (κ1) is 16.5. The Hall–Kier alpha value is -3.68. The van der Waals surface area contributed by atoms with Crippen molar-refractivity contribution in [3.63, 3.8) is 0 Å². The van der Waals surface area contributed by atoms with E-state index in [1.165, 1.54) is 4.52 Å². The van der Waals surface area contributed by atoms with Gasteiger partial charge in [-0.15, -0.1) is 0 Å². The fraction of sp³-hybridized carbons (Fsp3) is 0.200. The molecule has 0 spiro atoms. The summed E-state index contributed by atoms with van der Waals surface area (Å²) in [5, 5.41) is 3.13. The average Bonchev–Trinajstić information content (AvgIpc) is 3.41. The molecule has 5 rings (SSSR count). The second-order valence-electron chi connectivity index (χ2n) is 6.96. The molecule has 1 aromatic carbocycles. The first-order chi connectivity index (χ1) is 13.6. The van der Waals surface area contributed by atoms with Gasteiger partial charge in [-0.05, 0) is 12.5 Å². The monoisotopic (exact) mass is 374 g/mol. The molecule has 0 saturated heterocycles. The van der Waals surface area contributed by atoms with Gasteiger partial charge >= 0.3 is 0 Å². The van der Waals surface area contributed by atoms with Gasteiger partial charge in [0.1, 0.15) is 6.54 Å². The van der Waals surface area contributed by atoms with Gasteiger partial charge < -0.3 is 9.47 Å². The van der Waals surface area contributed by atoms with Gasteiger partial charge in [-0.3, -0.25) is 14.7 Å². The summed E-state index contributed by atoms with van der Waals surface area (Å²) in [6, 6.07) is 9.86. The summed E-state index contributed by atoms with van der Waals surface area (Å²) in [5.41, 5.74) is 4.46. The Labute approximate surface area is 160 Å². The van der Waals surface area contributed by atoms with E-state index in [-0.39, 0.29) is 24.6 Å². The zero-order valence-electron chi connectivity index (χ0n) is 15.3. The van der Waals surface area contributed by atoms with Crippen molar-refractivity contribution in [2.45, 2.75) is 26.6 Å². The van der Waals surface area contributed by atoms with E-state index in [9.17, 15) is 9.59 Å². The van der Waals surface area contributed by atoms with Gasteiger partial charge in [0.15, 0.2) is 5.65 Å². The van der Waals surface area contributed by atoms with Crippen LogP contribution in [0.4, 0.5) is 0 Å². The number of fused-ring (bicyclic) bond motifs is 2. The van der Waals surface area contributed by atoms with Gasteiger partial charge in [0, 0.05) is 23.7 Å². The lowest BCUT2D eigenvalue weighted by Crippen LogP contribution is -2.29. The molecule has 8 heteroatoms. The first-order valence-corrected chi connectivity index (χ1v) is 9.04. The van der Waals surface area contributed by atoms with E-state index in [2.05, 4.69) is 10.1 Å². The quantitative estimate of drug-likeness (QED) is 0.592. The highest BCUT2D eigenvalue weighted by Gasteiger charge is 2.29. The number of hydrogen-bond acceptors (Lipinski definition) is 4. The number of imidazole rings is 1. The van der Waals surface area contributed by atoms with Crippen LogP contribution in [-0.2, 0) is 24.4 Å². The van der Waals surface area contributed by atoms with Gasteiger partial charge in [-0.1, -0.05) is 30.3 Å². The first-order valence-electron chi connectivity index (χ1n) is 9.04. The maximum absolute atomic E-state index is 13.0. The summed E-state index contributed by atoms with van der Waals surface area (Å²) >= 11 is 0. The molecule has 3 aromatic heterocycles. The molecular weight excluding hydrogens is 356 g/mol. The summed E-state index contributed by atoms with van der Waals surface area (Å²) in [7, 11) is 0. The second kappa shape index (κ2) is 6.19. The number of amides is 1. The summed E-state index contributed by atoms with van der Waals surface area (Å²) < 4.78 is 3.20. The molecule has 28 heavy (non-hydrogen) atoms. The highest BCUT2D eigenvalue weighted by Crippen LogP contribution is 2.28. The molecule has 0 aliphatic carbocycles. The predicted molar refractivity (Wildman–Crippen MR) is 102 cm³/mol. The molecule has 0 bridgehead atoms. The third-order valence-electron chi connectivity index (χ3n) is 5.12. The van der Waals surface area contributed by atoms with Crippen LogP contribution in [-0.4, -0.2) is 35.0 Å². The molecule has 1 amide bonds. The van der Waals surface area contributed by atoms with Crippen LogP contribution in [0.5, 0.6) is 0 Å². The largest absolute Gasteiger partial charge is 0.331 e. The molecule has 140 valence electrons. The van der Waals surface area contributed by atoms with E-state index in [1.54, 1.807) is 28.2 Å². The molecule has 1 N–H and O–H groups in total. The van der Waals surface area contributed by atoms with Gasteiger partial charge in [-0.2, -0.15) is 0 Å². The molecule has 4 aromatic rings. The number of rotatable bonds is 3. The van der Waals surface area contributed by atoms with Crippen LogP contribution in [0.1, 0.15) is 17.0 Å². The van der Waals surface area contributed by atoms with Crippen molar-refractivity contribution in [3.8, 4) is 11.1 Å². The minimum Gasteiger partial charge on any atom is -0.331 e. The Kier molecular flexibility index (Phi) is 3.65. The standard InChI is InChI=1S/C20H18N6O2/c1-13-18(14-5-3-2-4-6-14)19-22-16-10-25(9-15(16)20(28)26(19)23-13)17(27)11-24-8-7-21-12-24/h2-8,12,23H,9-11H2,1H3. The van der Waals surface area contributed by atoms with Crippen molar-refractivity contribution in [2.24, 2.45) is 0 Å². The highest BCUT2D eigenvalue weighted by molar-refractivity contribution is 5.80. The fourth-order valence-corrected chi connectivity index (χ4v) is 3.74. The van der Waals surface area contributed by atoms with E-state index in [1.807, 2.05) is 37.3 Å². The summed E-state index contributed by atoms with van der Waals surface area (Å²) in [6.07, 6.45) is 4.98. The molecule has 0 radical (unpaired) electrons. The smallest absolute Gasteiger partial charge is 0.278 e. The van der Waals surface area contributed by atoms with Crippen LogP contribution in [0, 0.1) is 6.92 Å². The molecule has 0 atom stereocenters. The Morgan fingerprint density at radius 3 is 2.79 bits per heavy atom. The van der Waals surface area contributed by atoms with Crippen molar-refractivity contribution < 1.29 is 4.79 Å². The number of benzene rings is 1. The summed E-state index contributed by atoms with van der Waals surface area (Å²) in [6.45, 7) is 2.74. The number of nitrogens with one attached hydrogen (secondary N) is 1. The van der Waals surface area contributed by atoms with Crippen LogP contribution < -0.4 is 5.56 Å². The lowest BCUT2D eigenvalue weighted by Gasteiger charge is -2.14. The Morgan fingerprint density at radius 1 is 1.21 bits per heavy atom. The van der Waals surface area contributed by atoms with Gasteiger partial charge in [0.25, 0.3) is 5.56 Å². The number of nitrogens with zero attached hydrogens (tertiary/aromatic N) is 5. The topological polar surface area (TPSA) is 88.3 Å². The van der Waals surface area contributed by atoms with Crippen molar-refractivity contribution in [2.75, 3.05) is 0 Å². The Balaban J connectivity index is 1.54. The van der Waals surface area contributed by atoms with E-state index in [4.69, 9.17) is 4.98 Å². The second-order valence-corrected chi connectivity index (χ2v) is 6.96. The summed E-state index contributed by atoms with van der Waals surface area (Å²) in [4.78, 5) is 36.0. The lowest BCUT2D eigenvalue weighted by molar-refractivity contribution is -0.132. The van der Waals surface area contributed by atoms with Crippen molar-refractivity contribution in [3.05, 3.63) is 76.4 Å². The summed E-state index contributed by atoms with van der Waals surface area (Å²) in [5.74, 6) is -0.0662. The lowest BCUT2D eigenvalue weighted by atomic mass is 10.1. The third kappa shape index (κ3) is 2.53. The normalized spacial score (nSPS) is 13.2. The van der Waals surface area contributed by atoms with Crippen LogP contribution in [0.15, 0.2) is 53.8 Å². The highest BCUT2D eigenvalue weighted by atomic mass is 16.2. The van der Waals surface area contributed by atoms with E-state index in [0.717, 1.165) is 16.8 Å². The Bertz CT molecular complexity index is 1240. The van der Waals surface area contributed by atoms with Crippen LogP contribution in [0.2, 0.25) is 0 Å². The maximum atomic E-state index is 13.0. The van der Waals surface area contributed by atoms with Crippen LogP contribution in [0.25, 0.3) is 16.8 Å². The Morgan fingerprint density at radius 2 is 2.04 bits per heavy atom. The molecule has 8 nitrogen and oxygen atoms in total. The van der Waals surface area contributed by atoms with Gasteiger partial charge in [-0.25, -0.2) is 14.5 Å². The van der Waals surface area contributed by atoms with Crippen molar-refractivity contribution in [1.82, 2.24) is 29.0 Å². The fourth-order valence-electron chi connectivity index (χ4n) is 3.74. The molecule has 0 unspecified atom stereocenters. The average molecular weight is 374 g/mol. The van der Waals surface area contributed by atoms with Crippen molar-refractivity contribution >= 4 is 11.6 Å². The molecule has 1 aliphatic rings. The number of carbonyl (C=O) groups excluding carboxylic acids is 1. The van der Waals surface area contributed by atoms with E-state index >= 15 is 0 Å². The van der Waals surface area contributed by atoms with Crippen LogP contribution >= 0.6 is 0 Å². The zero-order valence-corrected chi connectivity index (χ0v) is 15.3. The van der Waals surface area contributed by atoms with E-state index in [0.29, 0.717) is 23.4 Å².